The summed E-state index contributed by atoms with van der Waals surface area (Å²) in [6, 6.07) is 0. The Kier molecular flexibility index (Phi) is 7.65. The molecule has 1 atom stereocenters. The van der Waals surface area contributed by atoms with Gasteiger partial charge >= 0.3 is 0 Å². The first-order valence-corrected chi connectivity index (χ1v) is 10.5. The second kappa shape index (κ2) is 10.2. The Hall–Kier alpha value is -1.70. The van der Waals surface area contributed by atoms with Crippen LogP contribution in [0.1, 0.15) is 45.4 Å². The molecule has 1 unspecified atom stereocenters. The van der Waals surface area contributed by atoms with Crippen molar-refractivity contribution >= 4 is 17.5 Å². The largest absolute Gasteiger partial charge is 0.391 e. The second-order valence-electron chi connectivity index (χ2n) is 7.87. The molecule has 7 nitrogen and oxygen atoms in total. The molecular formula is C20H30ClN5O2. The van der Waals surface area contributed by atoms with E-state index in [1.54, 1.807) is 6.20 Å². The second-order valence-corrected chi connectivity index (χ2v) is 8.28. The topological polar surface area (TPSA) is 99.1 Å². The standard InChI is InChI=1S/C15H20ClN5.C5H10O2/c1-10-2-4-11(5-3-10)8-21-9-12(6-19-21)14-13(16)7-18-15(17)20-14;6-5-2-1-3-7-4-5/h6-7,9-11H,2-5,8H2,1H3,(H2,17,18,20);5-6H,1-4H2. The molecule has 1 saturated carbocycles. The average molecular weight is 408 g/mol. The fourth-order valence-corrected chi connectivity index (χ4v) is 3.87. The van der Waals surface area contributed by atoms with E-state index in [0.29, 0.717) is 17.3 Å². The average Bonchev–Trinajstić information content (AvgIpc) is 3.15. The van der Waals surface area contributed by atoms with Crippen molar-refractivity contribution in [1.82, 2.24) is 19.7 Å². The van der Waals surface area contributed by atoms with Crippen LogP contribution in [0.5, 0.6) is 0 Å². The highest BCUT2D eigenvalue weighted by Crippen LogP contribution is 2.30. The Morgan fingerprint density at radius 3 is 2.68 bits per heavy atom. The Morgan fingerprint density at radius 2 is 2.04 bits per heavy atom. The molecule has 2 fully saturated rings. The number of aliphatic hydroxyl groups excluding tert-OH is 1. The molecule has 3 heterocycles. The fourth-order valence-electron chi connectivity index (χ4n) is 3.67. The van der Waals surface area contributed by atoms with Crippen molar-refractivity contribution in [3.63, 3.8) is 0 Å². The van der Waals surface area contributed by atoms with Gasteiger partial charge in [-0.25, -0.2) is 9.97 Å². The molecule has 1 aliphatic heterocycles. The molecule has 2 aromatic rings. The van der Waals surface area contributed by atoms with Gasteiger partial charge in [-0.3, -0.25) is 4.68 Å². The molecule has 0 amide bonds. The summed E-state index contributed by atoms with van der Waals surface area (Å²) in [7, 11) is 0. The van der Waals surface area contributed by atoms with Crippen molar-refractivity contribution < 1.29 is 9.84 Å². The van der Waals surface area contributed by atoms with Gasteiger partial charge in [-0.15, -0.1) is 0 Å². The third-order valence-corrected chi connectivity index (χ3v) is 5.66. The molecule has 1 saturated heterocycles. The van der Waals surface area contributed by atoms with Gasteiger partial charge in [-0.1, -0.05) is 31.4 Å². The SMILES string of the molecule is CC1CCC(Cn2cc(-c3nc(N)ncc3Cl)cn2)CC1.OC1CCCOC1. The van der Waals surface area contributed by atoms with E-state index in [-0.39, 0.29) is 12.1 Å². The van der Waals surface area contributed by atoms with Gasteiger partial charge in [0, 0.05) is 24.9 Å². The Morgan fingerprint density at radius 1 is 1.25 bits per heavy atom. The van der Waals surface area contributed by atoms with Crippen LogP contribution >= 0.6 is 11.6 Å². The van der Waals surface area contributed by atoms with Crippen LogP contribution in [0.15, 0.2) is 18.6 Å². The van der Waals surface area contributed by atoms with Crippen LogP contribution in [0.25, 0.3) is 11.3 Å². The quantitative estimate of drug-likeness (QED) is 0.806. The maximum absolute atomic E-state index is 8.78. The zero-order valence-corrected chi connectivity index (χ0v) is 17.2. The van der Waals surface area contributed by atoms with Crippen molar-refractivity contribution in [3.8, 4) is 11.3 Å². The number of halogens is 1. The molecule has 3 N–H and O–H groups in total. The molecular weight excluding hydrogens is 378 g/mol. The van der Waals surface area contributed by atoms with Crippen LogP contribution < -0.4 is 5.73 Å². The molecule has 154 valence electrons. The van der Waals surface area contributed by atoms with E-state index in [4.69, 9.17) is 27.2 Å². The third kappa shape index (κ3) is 6.15. The highest BCUT2D eigenvalue weighted by molar-refractivity contribution is 6.32. The molecule has 28 heavy (non-hydrogen) atoms. The maximum atomic E-state index is 8.78. The van der Waals surface area contributed by atoms with Crippen LogP contribution in [0, 0.1) is 11.8 Å². The highest BCUT2D eigenvalue weighted by atomic mass is 35.5. The molecule has 2 aliphatic rings. The molecule has 0 aromatic carbocycles. The van der Waals surface area contributed by atoms with E-state index in [1.807, 2.05) is 10.9 Å². The van der Waals surface area contributed by atoms with Crippen molar-refractivity contribution in [1.29, 1.82) is 0 Å². The fraction of sp³-hybridized carbons (Fsp3) is 0.650. The lowest BCUT2D eigenvalue weighted by Gasteiger charge is -2.25. The van der Waals surface area contributed by atoms with Crippen LogP contribution in [0.4, 0.5) is 5.95 Å². The van der Waals surface area contributed by atoms with Gasteiger partial charge in [0.15, 0.2) is 0 Å². The molecule has 2 aromatic heterocycles. The number of nitrogens with two attached hydrogens (primary N) is 1. The summed E-state index contributed by atoms with van der Waals surface area (Å²) in [6.07, 6.45) is 12.3. The molecule has 0 bridgehead atoms. The van der Waals surface area contributed by atoms with E-state index >= 15 is 0 Å². The number of nitrogens with zero attached hydrogens (tertiary/aromatic N) is 4. The summed E-state index contributed by atoms with van der Waals surface area (Å²) in [5, 5.41) is 13.7. The van der Waals surface area contributed by atoms with Crippen molar-refractivity contribution in [2.45, 2.75) is 58.1 Å². The van der Waals surface area contributed by atoms with E-state index < -0.39 is 0 Å². The number of anilines is 1. The highest BCUT2D eigenvalue weighted by Gasteiger charge is 2.19. The Balaban J connectivity index is 0.000000271. The van der Waals surface area contributed by atoms with E-state index in [2.05, 4.69) is 22.0 Å². The van der Waals surface area contributed by atoms with E-state index in [9.17, 15) is 0 Å². The van der Waals surface area contributed by atoms with Crippen molar-refractivity contribution in [3.05, 3.63) is 23.6 Å². The summed E-state index contributed by atoms with van der Waals surface area (Å²) in [6.45, 7) is 4.67. The van der Waals surface area contributed by atoms with Gasteiger partial charge < -0.3 is 15.6 Å². The lowest BCUT2D eigenvalue weighted by atomic mass is 9.83. The van der Waals surface area contributed by atoms with Crippen LogP contribution in [0.3, 0.4) is 0 Å². The number of aromatic nitrogens is 4. The first kappa shape index (κ1) is 21.0. The van der Waals surface area contributed by atoms with Crippen LogP contribution in [-0.4, -0.2) is 44.2 Å². The molecule has 1 aliphatic carbocycles. The molecule has 8 heteroatoms. The lowest BCUT2D eigenvalue weighted by Crippen LogP contribution is -2.21. The monoisotopic (exact) mass is 407 g/mol. The first-order chi connectivity index (χ1) is 13.5. The first-order valence-electron chi connectivity index (χ1n) is 10.1. The van der Waals surface area contributed by atoms with Crippen molar-refractivity contribution in [2.75, 3.05) is 18.9 Å². The van der Waals surface area contributed by atoms with Crippen LogP contribution in [-0.2, 0) is 11.3 Å². The minimum absolute atomic E-state index is 0.186. The van der Waals surface area contributed by atoms with Gasteiger partial charge in [0.1, 0.15) is 0 Å². The molecule has 0 radical (unpaired) electrons. The molecule has 4 rings (SSSR count). The zero-order chi connectivity index (χ0) is 19.9. The number of ether oxygens (including phenoxy) is 1. The third-order valence-electron chi connectivity index (χ3n) is 5.39. The zero-order valence-electron chi connectivity index (χ0n) is 16.4. The Bertz CT molecular complexity index is 740. The van der Waals surface area contributed by atoms with Gasteiger partial charge in [-0.2, -0.15) is 5.10 Å². The van der Waals surface area contributed by atoms with Gasteiger partial charge in [-0.05, 0) is 37.5 Å². The predicted octanol–water partition coefficient (Wildman–Crippen LogP) is 3.56. The summed E-state index contributed by atoms with van der Waals surface area (Å²) < 4.78 is 6.92. The maximum Gasteiger partial charge on any atom is 0.220 e. The number of hydrogen-bond acceptors (Lipinski definition) is 6. The van der Waals surface area contributed by atoms with Gasteiger partial charge in [0.25, 0.3) is 0 Å². The molecule has 0 spiro atoms. The van der Waals surface area contributed by atoms with Crippen molar-refractivity contribution in [2.24, 2.45) is 11.8 Å². The smallest absolute Gasteiger partial charge is 0.220 e. The summed E-state index contributed by atoms with van der Waals surface area (Å²) in [4.78, 5) is 8.07. The number of rotatable bonds is 3. The predicted molar refractivity (Wildman–Crippen MR) is 110 cm³/mol. The number of hydrogen-bond donors (Lipinski definition) is 2. The minimum Gasteiger partial charge on any atom is -0.391 e. The Labute approximate surface area is 171 Å². The number of aliphatic hydroxyl groups is 1. The minimum atomic E-state index is -0.186. The summed E-state index contributed by atoms with van der Waals surface area (Å²) >= 11 is 6.13. The van der Waals surface area contributed by atoms with Gasteiger partial charge in [0.05, 0.1) is 35.8 Å². The summed E-state index contributed by atoms with van der Waals surface area (Å²) in [5.41, 5.74) is 7.16. The summed E-state index contributed by atoms with van der Waals surface area (Å²) in [5.74, 6) is 1.82. The lowest BCUT2D eigenvalue weighted by molar-refractivity contribution is -0.00535. The van der Waals surface area contributed by atoms with Gasteiger partial charge in [0.2, 0.25) is 5.95 Å². The normalized spacial score (nSPS) is 25.0. The van der Waals surface area contributed by atoms with Crippen LogP contribution in [0.2, 0.25) is 5.02 Å². The van der Waals surface area contributed by atoms with E-state index in [0.717, 1.165) is 43.4 Å². The van der Waals surface area contributed by atoms with E-state index in [1.165, 1.54) is 31.9 Å². The number of nitrogen functional groups attached to an aromatic ring is 1.